The molecule has 1 N–H and O–H groups in total. The summed E-state index contributed by atoms with van der Waals surface area (Å²) in [7, 11) is 1.37. The number of nitrogens with zero attached hydrogens (tertiary/aromatic N) is 3. The highest BCUT2D eigenvalue weighted by Crippen LogP contribution is 2.32. The molecule has 0 spiro atoms. The van der Waals surface area contributed by atoms with E-state index in [1.54, 1.807) is 48.5 Å². The summed E-state index contributed by atoms with van der Waals surface area (Å²) in [6, 6.07) is 20.3. The molecule has 0 unspecified atom stereocenters. The summed E-state index contributed by atoms with van der Waals surface area (Å²) >= 11 is 0. The van der Waals surface area contributed by atoms with E-state index in [2.05, 4.69) is 15.4 Å². The Morgan fingerprint density at radius 1 is 1.00 bits per heavy atom. The molecule has 7 nitrogen and oxygen atoms in total. The largest absolute Gasteiger partial charge is 0.484 e. The van der Waals surface area contributed by atoms with Gasteiger partial charge in [0.05, 0.1) is 18.4 Å². The van der Waals surface area contributed by atoms with Gasteiger partial charge in [0.1, 0.15) is 5.75 Å². The Labute approximate surface area is 192 Å². The fourth-order valence-corrected chi connectivity index (χ4v) is 3.13. The van der Waals surface area contributed by atoms with Crippen LogP contribution >= 0.6 is 0 Å². The average molecular weight is 468 g/mol. The normalized spacial score (nSPS) is 11.2. The molecular formula is C24H19F3N4O3. The van der Waals surface area contributed by atoms with Gasteiger partial charge in [-0.2, -0.15) is 18.2 Å². The third-order valence-corrected chi connectivity index (χ3v) is 4.73. The van der Waals surface area contributed by atoms with E-state index in [4.69, 9.17) is 9.47 Å². The van der Waals surface area contributed by atoms with E-state index >= 15 is 0 Å². The third kappa shape index (κ3) is 5.34. The molecule has 3 aromatic carbocycles. The van der Waals surface area contributed by atoms with Crippen LogP contribution < -0.4 is 14.8 Å². The van der Waals surface area contributed by atoms with Crippen LogP contribution in [0.2, 0.25) is 0 Å². The maximum atomic E-state index is 13.2. The Morgan fingerprint density at radius 3 is 2.41 bits per heavy atom. The zero-order chi connectivity index (χ0) is 24.1. The molecule has 0 bridgehead atoms. The molecular weight excluding hydrogens is 449 g/mol. The van der Waals surface area contributed by atoms with Crippen molar-refractivity contribution in [1.29, 1.82) is 0 Å². The molecule has 0 saturated carbocycles. The van der Waals surface area contributed by atoms with Crippen molar-refractivity contribution in [2.24, 2.45) is 0 Å². The number of hydrogen-bond donors (Lipinski definition) is 1. The highest BCUT2D eigenvalue weighted by Gasteiger charge is 2.31. The first-order chi connectivity index (χ1) is 16.3. The maximum Gasteiger partial charge on any atom is 0.416 e. The molecule has 10 heteroatoms. The molecule has 0 aliphatic rings. The van der Waals surface area contributed by atoms with Gasteiger partial charge in [-0.25, -0.2) is 4.68 Å². The highest BCUT2D eigenvalue weighted by atomic mass is 19.4. The molecule has 174 valence electrons. The molecule has 0 aliphatic heterocycles. The van der Waals surface area contributed by atoms with Crippen molar-refractivity contribution in [3.05, 3.63) is 84.4 Å². The van der Waals surface area contributed by atoms with E-state index in [0.29, 0.717) is 17.1 Å². The van der Waals surface area contributed by atoms with Gasteiger partial charge in [-0.1, -0.05) is 30.3 Å². The summed E-state index contributed by atoms with van der Waals surface area (Å²) in [4.78, 5) is 16.4. The number of carbonyl (C=O) groups is 1. The standard InChI is InChI=1S/C24H19F3N4O3/c1-33-23-29-22(16-6-5-7-17(14-16)24(25,26)27)31(30-23)19-12-10-18(11-13-19)28-21(32)15-34-20-8-3-2-4-9-20/h2-14H,15H2,1H3,(H,28,32). The van der Waals surface area contributed by atoms with Crippen molar-refractivity contribution >= 4 is 11.6 Å². The first-order valence-electron chi connectivity index (χ1n) is 10.1. The van der Waals surface area contributed by atoms with Crippen LogP contribution in [-0.4, -0.2) is 34.4 Å². The monoisotopic (exact) mass is 468 g/mol. The van der Waals surface area contributed by atoms with Crippen LogP contribution in [0.15, 0.2) is 78.9 Å². The maximum absolute atomic E-state index is 13.2. The first-order valence-corrected chi connectivity index (χ1v) is 10.1. The van der Waals surface area contributed by atoms with Crippen molar-refractivity contribution in [1.82, 2.24) is 14.8 Å². The molecule has 1 heterocycles. The predicted molar refractivity (Wildman–Crippen MR) is 119 cm³/mol. The first kappa shape index (κ1) is 22.8. The Kier molecular flexibility index (Phi) is 6.48. The summed E-state index contributed by atoms with van der Waals surface area (Å²) in [5, 5.41) is 6.93. The second-order valence-corrected chi connectivity index (χ2v) is 7.11. The summed E-state index contributed by atoms with van der Waals surface area (Å²) < 4.78 is 51.4. The number of para-hydroxylation sites is 1. The van der Waals surface area contributed by atoms with Gasteiger partial charge in [-0.05, 0) is 48.5 Å². The minimum absolute atomic E-state index is 0.00264. The minimum atomic E-state index is -4.49. The fourth-order valence-electron chi connectivity index (χ4n) is 3.13. The lowest BCUT2D eigenvalue weighted by Crippen LogP contribution is -2.20. The van der Waals surface area contributed by atoms with Gasteiger partial charge in [0.2, 0.25) is 0 Å². The van der Waals surface area contributed by atoms with Crippen molar-refractivity contribution in [2.75, 3.05) is 19.0 Å². The SMILES string of the molecule is COc1nc(-c2cccc(C(F)(F)F)c2)n(-c2ccc(NC(=O)COc3ccccc3)cc2)n1. The van der Waals surface area contributed by atoms with Crippen LogP contribution in [0.4, 0.5) is 18.9 Å². The molecule has 1 amide bonds. The molecule has 0 radical (unpaired) electrons. The van der Waals surface area contributed by atoms with E-state index < -0.39 is 11.7 Å². The summed E-state index contributed by atoms with van der Waals surface area (Å²) in [6.45, 7) is -0.161. The number of nitrogens with one attached hydrogen (secondary N) is 1. The number of carbonyl (C=O) groups excluding carboxylic acids is 1. The van der Waals surface area contributed by atoms with Crippen LogP contribution in [0, 0.1) is 0 Å². The number of anilines is 1. The lowest BCUT2D eigenvalue weighted by atomic mass is 10.1. The summed E-state index contributed by atoms with van der Waals surface area (Å²) in [5.74, 6) is 0.412. The minimum Gasteiger partial charge on any atom is -0.484 e. The van der Waals surface area contributed by atoms with Crippen LogP contribution in [0.1, 0.15) is 5.56 Å². The van der Waals surface area contributed by atoms with Gasteiger partial charge < -0.3 is 14.8 Å². The van der Waals surface area contributed by atoms with Gasteiger partial charge in [0.15, 0.2) is 12.4 Å². The average Bonchev–Trinajstić information content (AvgIpc) is 3.28. The van der Waals surface area contributed by atoms with Crippen LogP contribution in [0.3, 0.4) is 0 Å². The molecule has 4 aromatic rings. The van der Waals surface area contributed by atoms with Gasteiger partial charge >= 0.3 is 12.2 Å². The number of aromatic nitrogens is 3. The topological polar surface area (TPSA) is 78.3 Å². The number of methoxy groups -OCH3 is 1. The Bertz CT molecular complexity index is 1270. The van der Waals surface area contributed by atoms with Crippen LogP contribution in [0.5, 0.6) is 11.8 Å². The molecule has 0 atom stereocenters. The fraction of sp³-hybridized carbons (Fsp3) is 0.125. The van der Waals surface area contributed by atoms with Gasteiger partial charge in [0.25, 0.3) is 5.91 Å². The molecule has 34 heavy (non-hydrogen) atoms. The second kappa shape index (κ2) is 9.65. The van der Waals surface area contributed by atoms with Gasteiger partial charge in [-0.15, -0.1) is 5.10 Å². The van der Waals surface area contributed by atoms with Crippen molar-refractivity contribution in [3.63, 3.8) is 0 Å². The molecule has 0 saturated heterocycles. The number of amides is 1. The zero-order valence-electron chi connectivity index (χ0n) is 17.9. The molecule has 4 rings (SSSR count). The lowest BCUT2D eigenvalue weighted by Gasteiger charge is -2.10. The number of rotatable bonds is 7. The lowest BCUT2D eigenvalue weighted by molar-refractivity contribution is -0.137. The number of alkyl halides is 3. The number of hydrogen-bond acceptors (Lipinski definition) is 5. The smallest absolute Gasteiger partial charge is 0.416 e. The Balaban J connectivity index is 1.53. The number of benzene rings is 3. The van der Waals surface area contributed by atoms with E-state index in [1.165, 1.54) is 23.9 Å². The molecule has 0 aliphatic carbocycles. The molecule has 1 aromatic heterocycles. The van der Waals surface area contributed by atoms with E-state index in [-0.39, 0.29) is 29.9 Å². The van der Waals surface area contributed by atoms with Crippen LogP contribution in [0.25, 0.3) is 17.1 Å². The summed E-state index contributed by atoms with van der Waals surface area (Å²) in [6.07, 6.45) is -4.49. The Hall–Kier alpha value is -4.34. The Morgan fingerprint density at radius 2 is 1.74 bits per heavy atom. The highest BCUT2D eigenvalue weighted by molar-refractivity contribution is 5.92. The quantitative estimate of drug-likeness (QED) is 0.414. The van der Waals surface area contributed by atoms with E-state index in [1.807, 2.05) is 6.07 Å². The van der Waals surface area contributed by atoms with Crippen molar-refractivity contribution in [3.8, 4) is 28.8 Å². The van der Waals surface area contributed by atoms with E-state index in [0.717, 1.165) is 12.1 Å². The van der Waals surface area contributed by atoms with Gasteiger partial charge in [0, 0.05) is 11.3 Å². The van der Waals surface area contributed by atoms with E-state index in [9.17, 15) is 18.0 Å². The number of ether oxygens (including phenoxy) is 2. The molecule has 0 fully saturated rings. The van der Waals surface area contributed by atoms with Crippen molar-refractivity contribution < 1.29 is 27.4 Å². The second-order valence-electron chi connectivity index (χ2n) is 7.11. The predicted octanol–water partition coefficient (Wildman–Crippen LogP) is 4.98. The third-order valence-electron chi connectivity index (χ3n) is 4.73. The van der Waals surface area contributed by atoms with Crippen molar-refractivity contribution in [2.45, 2.75) is 6.18 Å². The number of halogens is 3. The summed E-state index contributed by atoms with van der Waals surface area (Å²) in [5.41, 5.74) is 0.454. The van der Waals surface area contributed by atoms with Crippen LogP contribution in [-0.2, 0) is 11.0 Å². The van der Waals surface area contributed by atoms with Gasteiger partial charge in [-0.3, -0.25) is 4.79 Å². The zero-order valence-corrected chi connectivity index (χ0v) is 17.9.